The fraction of sp³-hybridized carbons (Fsp3) is 0.508. The fourth-order valence-corrected chi connectivity index (χ4v) is 15.8. The highest BCUT2D eigenvalue weighted by Gasteiger charge is 2.48. The van der Waals surface area contributed by atoms with Crippen LogP contribution < -0.4 is 33.7 Å². The Bertz CT molecular complexity index is 3940. The zero-order chi connectivity index (χ0) is 64.7. The van der Waals surface area contributed by atoms with Gasteiger partial charge >= 0.3 is 36.7 Å². The Kier molecular flexibility index (Phi) is 21.8. The van der Waals surface area contributed by atoms with Crippen LogP contribution in [0.3, 0.4) is 0 Å². The molecule has 32 heteroatoms. The second kappa shape index (κ2) is 29.5. The molecule has 91 heavy (non-hydrogen) atoms. The Labute approximate surface area is 531 Å². The molecule has 28 nitrogen and oxygen atoms in total. The second-order valence-corrected chi connectivity index (χ2v) is 28.6. The van der Waals surface area contributed by atoms with Crippen molar-refractivity contribution in [3.8, 4) is 0 Å². The van der Waals surface area contributed by atoms with Crippen LogP contribution in [0.4, 0.5) is 4.79 Å². The van der Waals surface area contributed by atoms with Gasteiger partial charge in [-0.15, -0.1) is 0 Å². The molecule has 5 saturated heterocycles. The standard InChI is InChI=1S/C59H72N8O20P2S2/c1-6-24-77-59(76)85-43-25-48(65-28-35(3)51(68)60-56(65)73)83-46(43)33-80-89(91,79-32-41-21-15-23-64(41)55(72)39-18-12-9-13-19-39)87-45-27-50(67-30-37(5)53(70)62-58(67)75)84-47(45)34-81-88(90,78-31-40-20-14-22-63(40)54(71)38-16-10-8-11-17-38)86-44-26-49(82-42(44)7-2)66-29-36(4)52(69)61-57(66)74/h6,8-13,16-19,28-30,40-50H,1,7,14-15,20-27,31-34H2,2-5H3,(H,60,68,73)(H,61,69,74)(H,62,70,75). The lowest BCUT2D eigenvalue weighted by Gasteiger charge is -2.32. The SMILES string of the molecule is C=CCOC(=O)OC1CC(n2cc(C)c(=O)[nH]c2=O)OC1COP(=S)(OCC1CCCN1C(=O)c1ccccc1)OC1CC(n2cc(C)c(=O)[nH]c2=O)OC1COP(=S)(OCC1CCCN1C(=O)c1ccccc1)OC1CC(n2cc(C)c(=O)[nH]c2=O)OC1CC. The molecule has 5 aromatic rings. The Morgan fingerprint density at radius 1 is 0.571 bits per heavy atom. The average Bonchev–Trinajstić information content (AvgIpc) is 1.78. The average molecular weight is 1340 g/mol. The van der Waals surface area contributed by atoms with E-state index in [0.717, 1.165) is 4.57 Å². The van der Waals surface area contributed by atoms with Crippen LogP contribution in [-0.2, 0) is 74.4 Å². The maximum absolute atomic E-state index is 14.0. The van der Waals surface area contributed by atoms with Gasteiger partial charge in [-0.3, -0.25) is 52.6 Å². The number of hydrogen-bond donors (Lipinski definition) is 3. The number of amides is 2. The highest BCUT2D eigenvalue weighted by Crippen LogP contribution is 2.57. The van der Waals surface area contributed by atoms with Gasteiger partial charge in [0, 0.05) is 78.8 Å². The van der Waals surface area contributed by atoms with Gasteiger partial charge in [-0.2, -0.15) is 0 Å². The number of nitrogens with one attached hydrogen (secondary N) is 3. The number of nitrogens with zero attached hydrogens (tertiary/aromatic N) is 5. The van der Waals surface area contributed by atoms with Crippen LogP contribution in [0.15, 0.2) is 121 Å². The van der Waals surface area contributed by atoms with Crippen molar-refractivity contribution < 1.29 is 65.2 Å². The van der Waals surface area contributed by atoms with Crippen molar-refractivity contribution in [1.29, 1.82) is 0 Å². The van der Waals surface area contributed by atoms with E-state index in [9.17, 15) is 43.2 Å². The molecule has 5 fully saturated rings. The van der Waals surface area contributed by atoms with Gasteiger partial charge in [0.25, 0.3) is 28.5 Å². The Morgan fingerprint density at radius 3 is 1.35 bits per heavy atom. The third-order valence-corrected chi connectivity index (χ3v) is 21.1. The van der Waals surface area contributed by atoms with E-state index in [0.29, 0.717) is 56.3 Å². The lowest BCUT2D eigenvalue weighted by atomic mass is 10.1. The van der Waals surface area contributed by atoms with E-state index in [-0.39, 0.29) is 67.6 Å². The van der Waals surface area contributed by atoms with Gasteiger partial charge in [0.05, 0.1) is 56.8 Å². The van der Waals surface area contributed by atoms with E-state index in [1.165, 1.54) is 47.6 Å². The summed E-state index contributed by atoms with van der Waals surface area (Å²) in [5.41, 5.74) is -2.55. The van der Waals surface area contributed by atoms with E-state index < -0.39 is 134 Å². The first kappa shape index (κ1) is 67.3. The predicted molar refractivity (Wildman–Crippen MR) is 334 cm³/mol. The van der Waals surface area contributed by atoms with Crippen LogP contribution in [0.5, 0.6) is 0 Å². The Hall–Kier alpha value is -6.63. The van der Waals surface area contributed by atoms with Gasteiger partial charge in [0.15, 0.2) is 0 Å². The lowest BCUT2D eigenvalue weighted by Crippen LogP contribution is -2.38. The largest absolute Gasteiger partial charge is 0.508 e. The van der Waals surface area contributed by atoms with Crippen molar-refractivity contribution in [3.63, 3.8) is 0 Å². The molecule has 0 aliphatic carbocycles. The first-order valence-corrected chi connectivity index (χ1v) is 35.0. The Morgan fingerprint density at radius 2 is 0.945 bits per heavy atom. The van der Waals surface area contributed by atoms with Crippen molar-refractivity contribution in [2.24, 2.45) is 0 Å². The second-order valence-electron chi connectivity index (χ2n) is 22.6. The summed E-state index contributed by atoms with van der Waals surface area (Å²) < 4.78 is 74.2. The smallest absolute Gasteiger partial charge is 0.430 e. The number of aryl methyl sites for hydroxylation is 3. The number of hydrogen-bond acceptors (Lipinski definition) is 22. The van der Waals surface area contributed by atoms with Crippen LogP contribution in [0, 0.1) is 20.8 Å². The van der Waals surface area contributed by atoms with Crippen LogP contribution >= 0.6 is 13.4 Å². The van der Waals surface area contributed by atoms with E-state index in [1.54, 1.807) is 71.3 Å². The minimum Gasteiger partial charge on any atom is -0.430 e. The van der Waals surface area contributed by atoms with Crippen LogP contribution in [0.2, 0.25) is 0 Å². The summed E-state index contributed by atoms with van der Waals surface area (Å²) in [5.74, 6) is -0.459. The summed E-state index contributed by atoms with van der Waals surface area (Å²) in [6, 6.07) is 16.5. The maximum atomic E-state index is 14.0. The minimum absolute atomic E-state index is 0.0564. The highest BCUT2D eigenvalue weighted by molar-refractivity contribution is 8.07. The van der Waals surface area contributed by atoms with Crippen molar-refractivity contribution in [3.05, 3.63) is 182 Å². The van der Waals surface area contributed by atoms with E-state index in [2.05, 4.69) is 21.5 Å². The van der Waals surface area contributed by atoms with Crippen LogP contribution in [0.1, 0.15) is 114 Å². The molecule has 2 amide bonds. The van der Waals surface area contributed by atoms with Crippen molar-refractivity contribution in [2.75, 3.05) is 46.1 Å². The van der Waals surface area contributed by atoms with E-state index in [1.807, 2.05) is 13.0 Å². The van der Waals surface area contributed by atoms with Gasteiger partial charge in [0.2, 0.25) is 0 Å². The number of likely N-dealkylation sites (tertiary alicyclic amines) is 2. The lowest BCUT2D eigenvalue weighted by molar-refractivity contribution is -0.0618. The zero-order valence-electron chi connectivity index (χ0n) is 50.4. The van der Waals surface area contributed by atoms with Gasteiger partial charge < -0.3 is 60.6 Å². The molecule has 5 aliphatic rings. The number of rotatable bonds is 25. The van der Waals surface area contributed by atoms with Crippen LogP contribution in [-0.4, -0.2) is 151 Å². The quantitative estimate of drug-likeness (QED) is 0.0372. The maximum Gasteiger partial charge on any atom is 0.508 e. The van der Waals surface area contributed by atoms with E-state index in [4.69, 9.17) is 74.4 Å². The number of carbonyl (C=O) groups is 3. The third-order valence-electron chi connectivity index (χ3n) is 16.4. The minimum atomic E-state index is -4.25. The molecule has 0 spiro atoms. The molecule has 2 aromatic carbocycles. The number of ether oxygens (including phenoxy) is 5. The number of carbonyl (C=O) groups excluding carboxylic acids is 3. The first-order chi connectivity index (χ1) is 43.6. The molecule has 0 saturated carbocycles. The summed E-state index contributed by atoms with van der Waals surface area (Å²) in [4.78, 5) is 129. The van der Waals surface area contributed by atoms with Gasteiger partial charge in [-0.1, -0.05) is 56.0 Å². The molecule has 3 N–H and O–H groups in total. The molecule has 10 rings (SSSR count). The summed E-state index contributed by atoms with van der Waals surface area (Å²) in [7, 11) is 0. The van der Waals surface area contributed by atoms with Gasteiger partial charge in [-0.05, 0) is 101 Å². The zero-order valence-corrected chi connectivity index (χ0v) is 53.8. The molecule has 3 aromatic heterocycles. The third kappa shape index (κ3) is 16.1. The van der Waals surface area contributed by atoms with E-state index >= 15 is 0 Å². The van der Waals surface area contributed by atoms with Crippen LogP contribution in [0.25, 0.3) is 0 Å². The summed E-state index contributed by atoms with van der Waals surface area (Å²) in [6.45, 7) is 0.977. The van der Waals surface area contributed by atoms with Crippen molar-refractivity contribution >= 4 is 55.0 Å². The normalized spacial score (nSPS) is 26.1. The Balaban J connectivity index is 0.974. The topological polar surface area (TPSA) is 324 Å². The van der Waals surface area contributed by atoms with Gasteiger partial charge in [-0.25, -0.2) is 19.2 Å². The molecular weight excluding hydrogens is 1270 g/mol. The molecular formula is C59H72N8O20P2S2. The monoisotopic (exact) mass is 1340 g/mol. The molecule has 13 atom stereocenters. The first-order valence-electron chi connectivity index (χ1n) is 29.9. The molecule has 0 bridgehead atoms. The van der Waals surface area contributed by atoms with Crippen molar-refractivity contribution in [2.45, 2.75) is 146 Å². The molecule has 5 aliphatic heterocycles. The number of aromatic nitrogens is 6. The number of aromatic amines is 3. The fourth-order valence-electron chi connectivity index (χ4n) is 11.6. The molecule has 8 heterocycles. The summed E-state index contributed by atoms with van der Waals surface area (Å²) in [5, 5.41) is 0. The predicted octanol–water partition coefficient (Wildman–Crippen LogP) is 5.44. The molecule has 13 unspecified atom stereocenters. The van der Waals surface area contributed by atoms with Gasteiger partial charge in [0.1, 0.15) is 43.6 Å². The highest BCUT2D eigenvalue weighted by atomic mass is 32.5. The summed E-state index contributed by atoms with van der Waals surface area (Å²) >= 11 is 12.7. The molecule has 490 valence electrons. The summed E-state index contributed by atoms with van der Waals surface area (Å²) in [6.07, 6.45) is -2.83. The number of benzene rings is 2. The molecule has 0 radical (unpaired) electrons. The number of H-pyrrole nitrogens is 3. The van der Waals surface area contributed by atoms with Crippen molar-refractivity contribution in [1.82, 2.24) is 38.5 Å².